The molecule has 2 saturated carbocycles. The van der Waals surface area contributed by atoms with Crippen LogP contribution in [-0.2, 0) is 38.0 Å². The molecular formula is C102H90N2O16. The normalized spacial score (nSPS) is 19.2. The van der Waals surface area contributed by atoms with Crippen molar-refractivity contribution in [1.82, 2.24) is 9.80 Å². The van der Waals surface area contributed by atoms with E-state index in [1.54, 1.807) is 24.3 Å². The molecule has 8 atom stereocenters. The van der Waals surface area contributed by atoms with Crippen LogP contribution >= 0.6 is 0 Å². The van der Waals surface area contributed by atoms with Crippen molar-refractivity contribution >= 4 is 78.7 Å². The second-order valence-electron chi connectivity index (χ2n) is 32.2. The number of unbranched alkanes of at least 4 members (excludes halogenated alkanes) is 2. The minimum absolute atomic E-state index is 0.0177. The Labute approximate surface area is 695 Å². The number of hydrogen-bond donors (Lipinski definition) is 0. The molecule has 0 spiro atoms. The fourth-order valence-electron chi connectivity index (χ4n) is 17.8. The summed E-state index contributed by atoms with van der Waals surface area (Å²) >= 11 is 0. The number of hydrogen-bond acceptors (Lipinski definition) is 16. The molecule has 4 fully saturated rings. The van der Waals surface area contributed by atoms with Crippen LogP contribution in [0.1, 0.15) is 145 Å². The van der Waals surface area contributed by atoms with Crippen molar-refractivity contribution in [3.8, 4) is 90.5 Å². The van der Waals surface area contributed by atoms with E-state index >= 15 is 28.8 Å². The molecule has 8 unspecified atom stereocenters. The monoisotopic (exact) mass is 1600 g/mol. The first-order valence-electron chi connectivity index (χ1n) is 42.2. The van der Waals surface area contributed by atoms with Gasteiger partial charge < -0.3 is 47.4 Å². The number of amides is 4. The number of carbonyl (C=O) groups excluding carboxylic acids is 6. The molecule has 120 heavy (non-hydrogen) atoms. The van der Waals surface area contributed by atoms with Crippen LogP contribution < -0.4 is 18.9 Å². The van der Waals surface area contributed by atoms with Crippen LogP contribution in [0.5, 0.6) is 46.0 Å². The second kappa shape index (κ2) is 33.7. The Balaban J connectivity index is 0.878. The van der Waals surface area contributed by atoms with Gasteiger partial charge in [-0.3, -0.25) is 29.0 Å². The van der Waals surface area contributed by atoms with Gasteiger partial charge in [0, 0.05) is 55.9 Å². The largest absolute Gasteiger partial charge is 0.461 e. The first-order valence-corrected chi connectivity index (χ1v) is 42.2. The van der Waals surface area contributed by atoms with Gasteiger partial charge in [-0.05, 0) is 169 Å². The minimum atomic E-state index is -1.39. The van der Waals surface area contributed by atoms with Crippen molar-refractivity contribution in [2.24, 2.45) is 0 Å². The summed E-state index contributed by atoms with van der Waals surface area (Å²) in [5, 5.41) is 2.11. The van der Waals surface area contributed by atoms with E-state index in [1.165, 1.54) is 0 Å². The summed E-state index contributed by atoms with van der Waals surface area (Å²) in [6.45, 7) is 6.13. The van der Waals surface area contributed by atoms with E-state index in [-0.39, 0.29) is 126 Å². The molecule has 2 aliphatic carbocycles. The van der Waals surface area contributed by atoms with Crippen LogP contribution in [0.4, 0.5) is 0 Å². The fourth-order valence-corrected chi connectivity index (χ4v) is 17.8. The third kappa shape index (κ3) is 15.6. The zero-order valence-electron chi connectivity index (χ0n) is 66.9. The van der Waals surface area contributed by atoms with E-state index in [9.17, 15) is 0 Å². The predicted octanol–water partition coefficient (Wildman–Crippen LogP) is 22.4. The zero-order valence-corrected chi connectivity index (χ0v) is 66.9. The molecule has 4 aliphatic heterocycles. The highest BCUT2D eigenvalue weighted by atomic mass is 16.6. The molecule has 4 amide bonds. The van der Waals surface area contributed by atoms with Gasteiger partial charge in [0.15, 0.2) is 0 Å². The van der Waals surface area contributed by atoms with Crippen LogP contribution in [0.2, 0.25) is 0 Å². The Kier molecular flexibility index (Phi) is 21.7. The van der Waals surface area contributed by atoms with Gasteiger partial charge >= 0.3 is 11.9 Å². The lowest BCUT2D eigenvalue weighted by Gasteiger charge is -2.36. The van der Waals surface area contributed by atoms with Gasteiger partial charge in [0.25, 0.3) is 23.6 Å². The fraction of sp³-hybridized carbons (Fsp3) is 0.275. The summed E-state index contributed by atoms with van der Waals surface area (Å²) in [4.78, 5) is 100. The molecule has 18 nitrogen and oxygen atoms in total. The molecule has 2 saturated heterocycles. The summed E-state index contributed by atoms with van der Waals surface area (Å²) in [5.74, 6) is -2.82. The van der Waals surface area contributed by atoms with Crippen LogP contribution in [0.3, 0.4) is 0 Å². The molecule has 4 heterocycles. The third-order valence-corrected chi connectivity index (χ3v) is 24.1. The minimum Gasteiger partial charge on any atom is -0.461 e. The molecule has 0 bridgehead atoms. The summed E-state index contributed by atoms with van der Waals surface area (Å²) < 4.78 is 66.4. The van der Waals surface area contributed by atoms with E-state index in [2.05, 4.69) is 0 Å². The topological polar surface area (TPSA) is 208 Å². The number of nitrogens with zero attached hydrogens (tertiary/aromatic N) is 2. The zero-order chi connectivity index (χ0) is 81.5. The summed E-state index contributed by atoms with van der Waals surface area (Å²) in [7, 11) is 0. The van der Waals surface area contributed by atoms with E-state index in [1.807, 2.05) is 232 Å². The maximum absolute atomic E-state index is 16.8. The average molecular weight is 1600 g/mol. The van der Waals surface area contributed by atoms with Gasteiger partial charge in [-0.2, -0.15) is 0 Å². The maximum atomic E-state index is 16.8. The van der Waals surface area contributed by atoms with Crippen molar-refractivity contribution in [3.05, 3.63) is 265 Å². The molecule has 0 aromatic heterocycles. The van der Waals surface area contributed by atoms with E-state index in [4.69, 9.17) is 47.4 Å². The molecule has 13 aromatic carbocycles. The standard InChI is InChI=1S/C102H90N2O16/c1-3-5-33-83(101(109)119-75-31-19-29-73(51-75)111-57-77-59-113-77)103-97(105)79-53-85(115-69-43-35-65(36-44-69)61-21-11-7-12-22-61)91-93-87(117-71-47-39-67(40-48-71)63-25-15-9-16-26-63)55-81-90-82(100(108)104(99(81)107)84(34-6-4-2)102(110)120-76-32-20-30-74(52-76)112-58-78-60-114-78)56-88(118-72-49-41-68(42-50-72)64-27-17-10-18-28-64)94(96(90)93)92-86(54-80(98(103)106)89(79)95(91)92)116-70-45-37-66(38-46-70)62-23-13-8-14-24-62/h7-18,21-28,35-50,53-56,73-78,83-84H,3-6,19-20,29-34,51-52,57-60H2,1-2H3. The number of rotatable bonds is 30. The van der Waals surface area contributed by atoms with Crippen LogP contribution in [-0.4, -0.2) is 121 Å². The molecule has 13 aromatic rings. The molecule has 0 radical (unpaired) electrons. The Morgan fingerprint density at radius 3 is 0.858 bits per heavy atom. The van der Waals surface area contributed by atoms with Gasteiger partial charge in [0.05, 0.1) is 60.9 Å². The number of fused-ring (bicyclic) bond motifs is 2. The highest BCUT2D eigenvalue weighted by Crippen LogP contribution is 2.59. The first kappa shape index (κ1) is 77.3. The number of ether oxygens (including phenoxy) is 10. The van der Waals surface area contributed by atoms with Crippen molar-refractivity contribution in [1.29, 1.82) is 0 Å². The molecule has 604 valence electrons. The van der Waals surface area contributed by atoms with Gasteiger partial charge in [0.1, 0.15) is 82.5 Å². The Morgan fingerprint density at radius 1 is 0.342 bits per heavy atom. The third-order valence-electron chi connectivity index (χ3n) is 24.1. The summed E-state index contributed by atoms with van der Waals surface area (Å²) in [6.07, 6.45) is 5.97. The van der Waals surface area contributed by atoms with Gasteiger partial charge in [0.2, 0.25) is 0 Å². The lowest BCUT2D eigenvalue weighted by atomic mass is 9.80. The Morgan fingerprint density at radius 2 is 0.600 bits per heavy atom. The van der Waals surface area contributed by atoms with Crippen molar-refractivity contribution in [2.45, 2.75) is 152 Å². The number of esters is 2. The highest BCUT2D eigenvalue weighted by Gasteiger charge is 2.48. The highest BCUT2D eigenvalue weighted by molar-refractivity contribution is 6.45. The van der Waals surface area contributed by atoms with Crippen LogP contribution in [0, 0.1) is 0 Å². The lowest BCUT2D eigenvalue weighted by Crippen LogP contribution is -2.52. The molecule has 19 rings (SSSR count). The van der Waals surface area contributed by atoms with Gasteiger partial charge in [-0.15, -0.1) is 0 Å². The van der Waals surface area contributed by atoms with Crippen molar-refractivity contribution < 1.29 is 76.1 Å². The number of epoxide rings is 2. The SMILES string of the molecule is CCCCC(C(=O)OC1CCCC(OCC2CO2)C1)N1C(=O)c2cc(Oc3ccc(-c4ccccc4)cc3)c3c4c(Oc5ccc(-c6ccccc6)cc5)cc5c6c(cc(Oc7ccc(-c8ccccc8)cc7)c(c7c(Oc8ccc(-c9ccccc9)cc8)cc(c2c37)C1=O)c64)C(=O)N(C(CCCC)C(=O)OC1CCCC(OCC2CO2)C1)C5=O. The molecule has 0 N–H and O–H groups in total. The summed E-state index contributed by atoms with van der Waals surface area (Å²) in [6, 6.07) is 73.7. The molecule has 6 aliphatic rings. The molecule has 18 heteroatoms. The Hall–Kier alpha value is -12.6. The average Bonchev–Trinajstić information content (AvgIpc) is 0.881. The van der Waals surface area contributed by atoms with Gasteiger partial charge in [-0.1, -0.05) is 209 Å². The van der Waals surface area contributed by atoms with E-state index < -0.39 is 59.9 Å². The van der Waals surface area contributed by atoms with Crippen molar-refractivity contribution in [3.63, 3.8) is 0 Å². The van der Waals surface area contributed by atoms with Crippen molar-refractivity contribution in [2.75, 3.05) is 26.4 Å². The number of benzene rings is 13. The maximum Gasteiger partial charge on any atom is 0.329 e. The number of imide groups is 2. The summed E-state index contributed by atoms with van der Waals surface area (Å²) in [5.41, 5.74) is 7.49. The Bertz CT molecular complexity index is 5350. The lowest BCUT2D eigenvalue weighted by molar-refractivity contribution is -0.159. The smallest absolute Gasteiger partial charge is 0.329 e. The van der Waals surface area contributed by atoms with Crippen LogP contribution in [0.15, 0.2) is 243 Å². The second-order valence-corrected chi connectivity index (χ2v) is 32.2. The molecular weight excluding hydrogens is 1510 g/mol. The number of carbonyl (C=O) groups is 6. The van der Waals surface area contributed by atoms with E-state index in [0.29, 0.717) is 101 Å². The van der Waals surface area contributed by atoms with Crippen LogP contribution in [0.25, 0.3) is 87.6 Å². The van der Waals surface area contributed by atoms with Gasteiger partial charge in [-0.25, -0.2) is 9.59 Å². The van der Waals surface area contributed by atoms with E-state index in [0.717, 1.165) is 80.0 Å². The quantitative estimate of drug-likeness (QED) is 0.0135. The predicted molar refractivity (Wildman–Crippen MR) is 459 cm³/mol. The first-order chi connectivity index (χ1) is 58.9.